The summed E-state index contributed by atoms with van der Waals surface area (Å²) in [6.45, 7) is 1.78. The summed E-state index contributed by atoms with van der Waals surface area (Å²) in [6.07, 6.45) is 0.140. The molecule has 0 fully saturated rings. The highest BCUT2D eigenvalue weighted by Crippen LogP contribution is 2.25. The zero-order chi connectivity index (χ0) is 13.1. The first-order valence-corrected chi connectivity index (χ1v) is 5.40. The molecule has 0 saturated heterocycles. The predicted molar refractivity (Wildman–Crippen MR) is 62.1 cm³/mol. The van der Waals surface area contributed by atoms with Gasteiger partial charge in [-0.05, 0) is 24.6 Å². The zero-order valence-corrected chi connectivity index (χ0v) is 9.75. The van der Waals surface area contributed by atoms with Crippen LogP contribution in [0.1, 0.15) is 17.9 Å². The van der Waals surface area contributed by atoms with E-state index < -0.39 is 5.97 Å². The summed E-state index contributed by atoms with van der Waals surface area (Å²) >= 11 is 0. The van der Waals surface area contributed by atoms with Gasteiger partial charge in [-0.15, -0.1) is 10.2 Å². The fraction of sp³-hybridized carbons (Fsp3) is 0.250. The fourth-order valence-corrected chi connectivity index (χ4v) is 1.43. The molecule has 1 aromatic heterocycles. The Balaban J connectivity index is 2.18. The minimum absolute atomic E-state index is 0.0548. The summed E-state index contributed by atoms with van der Waals surface area (Å²) in [4.78, 5) is 10.4. The third-order valence-electron chi connectivity index (χ3n) is 2.48. The monoisotopic (exact) mass is 248 g/mol. The van der Waals surface area contributed by atoms with Gasteiger partial charge in [-0.25, -0.2) is 0 Å². The van der Waals surface area contributed by atoms with E-state index in [1.54, 1.807) is 19.1 Å². The molecule has 94 valence electrons. The van der Waals surface area contributed by atoms with E-state index in [0.717, 1.165) is 5.56 Å². The standard InChI is InChI=1S/C12H12N2O4/c1-7-2-3-8(6-9(7)15)12-14-13-10(18-12)4-5-11(16)17/h2-3,6,15H,4-5H2,1H3,(H,16,17). The molecule has 0 bridgehead atoms. The molecule has 0 aliphatic carbocycles. The van der Waals surface area contributed by atoms with Crippen LogP contribution in [0, 0.1) is 6.92 Å². The molecule has 2 rings (SSSR count). The zero-order valence-electron chi connectivity index (χ0n) is 9.75. The maximum Gasteiger partial charge on any atom is 0.303 e. The van der Waals surface area contributed by atoms with Crippen LogP contribution >= 0.6 is 0 Å². The van der Waals surface area contributed by atoms with E-state index >= 15 is 0 Å². The number of hydrogen-bond acceptors (Lipinski definition) is 5. The van der Waals surface area contributed by atoms with Gasteiger partial charge in [0.1, 0.15) is 5.75 Å². The number of nitrogens with zero attached hydrogens (tertiary/aromatic N) is 2. The van der Waals surface area contributed by atoms with Crippen LogP contribution in [0.15, 0.2) is 22.6 Å². The van der Waals surface area contributed by atoms with Gasteiger partial charge in [0.15, 0.2) is 0 Å². The number of rotatable bonds is 4. The summed E-state index contributed by atoms with van der Waals surface area (Å²) in [5.74, 6) is -0.223. The maximum atomic E-state index is 10.4. The Hall–Kier alpha value is -2.37. The Morgan fingerprint density at radius 1 is 1.39 bits per heavy atom. The average Bonchev–Trinajstić information content (AvgIpc) is 2.79. The van der Waals surface area contributed by atoms with Gasteiger partial charge < -0.3 is 14.6 Å². The number of carbonyl (C=O) groups is 1. The molecule has 0 spiro atoms. The number of aromatic nitrogens is 2. The minimum Gasteiger partial charge on any atom is -0.508 e. The molecule has 6 nitrogen and oxygen atoms in total. The summed E-state index contributed by atoms with van der Waals surface area (Å²) in [6, 6.07) is 5.03. The maximum absolute atomic E-state index is 10.4. The second-order valence-electron chi connectivity index (χ2n) is 3.90. The van der Waals surface area contributed by atoms with Crippen molar-refractivity contribution in [3.8, 4) is 17.2 Å². The normalized spacial score (nSPS) is 10.5. The van der Waals surface area contributed by atoms with Crippen molar-refractivity contribution in [2.24, 2.45) is 0 Å². The minimum atomic E-state index is -0.914. The number of benzene rings is 1. The quantitative estimate of drug-likeness (QED) is 0.855. The number of hydrogen-bond donors (Lipinski definition) is 2. The second-order valence-corrected chi connectivity index (χ2v) is 3.90. The van der Waals surface area contributed by atoms with Gasteiger partial charge >= 0.3 is 5.97 Å². The molecule has 0 radical (unpaired) electrons. The van der Waals surface area contributed by atoms with Crippen LogP contribution in [0.5, 0.6) is 5.75 Å². The van der Waals surface area contributed by atoms with Gasteiger partial charge in [0.2, 0.25) is 11.8 Å². The molecule has 2 N–H and O–H groups in total. The molecule has 1 heterocycles. The first-order chi connectivity index (χ1) is 8.56. The summed E-state index contributed by atoms with van der Waals surface area (Å²) in [7, 11) is 0. The van der Waals surface area contributed by atoms with E-state index in [2.05, 4.69) is 10.2 Å². The lowest BCUT2D eigenvalue weighted by molar-refractivity contribution is -0.137. The van der Waals surface area contributed by atoms with Gasteiger partial charge in [-0.3, -0.25) is 4.79 Å². The Kier molecular flexibility index (Phi) is 3.27. The lowest BCUT2D eigenvalue weighted by Gasteiger charge is -1.99. The Labute approximate surface area is 103 Å². The SMILES string of the molecule is Cc1ccc(-c2nnc(CCC(=O)O)o2)cc1O. The summed E-state index contributed by atoms with van der Waals surface area (Å²) < 4.78 is 5.32. The van der Waals surface area contributed by atoms with Crippen molar-refractivity contribution in [3.63, 3.8) is 0 Å². The van der Waals surface area contributed by atoms with Gasteiger partial charge in [0, 0.05) is 12.0 Å². The lowest BCUT2D eigenvalue weighted by atomic mass is 10.1. The molecule has 0 aliphatic heterocycles. The van der Waals surface area contributed by atoms with E-state index in [-0.39, 0.29) is 30.4 Å². The highest BCUT2D eigenvalue weighted by Gasteiger charge is 2.11. The number of aromatic hydroxyl groups is 1. The lowest BCUT2D eigenvalue weighted by Crippen LogP contribution is -1.97. The number of aliphatic carboxylic acids is 1. The summed E-state index contributed by atoms with van der Waals surface area (Å²) in [5.41, 5.74) is 1.36. The van der Waals surface area contributed by atoms with E-state index in [0.29, 0.717) is 5.56 Å². The molecular formula is C12H12N2O4. The number of carboxylic acids is 1. The van der Waals surface area contributed by atoms with Crippen molar-refractivity contribution in [1.82, 2.24) is 10.2 Å². The summed E-state index contributed by atoms with van der Waals surface area (Å²) in [5, 5.41) is 25.7. The van der Waals surface area contributed by atoms with Gasteiger partial charge in [0.25, 0.3) is 0 Å². The van der Waals surface area contributed by atoms with Crippen molar-refractivity contribution >= 4 is 5.97 Å². The van der Waals surface area contributed by atoms with Crippen molar-refractivity contribution < 1.29 is 19.4 Å². The van der Waals surface area contributed by atoms with E-state index in [4.69, 9.17) is 9.52 Å². The predicted octanol–water partition coefficient (Wildman–Crippen LogP) is 1.77. The van der Waals surface area contributed by atoms with Gasteiger partial charge in [-0.2, -0.15) is 0 Å². The third-order valence-corrected chi connectivity index (χ3v) is 2.48. The largest absolute Gasteiger partial charge is 0.508 e. The van der Waals surface area contributed by atoms with Crippen LogP contribution in [0.2, 0.25) is 0 Å². The Morgan fingerprint density at radius 2 is 2.17 bits per heavy atom. The van der Waals surface area contributed by atoms with E-state index in [1.807, 2.05) is 0 Å². The Morgan fingerprint density at radius 3 is 2.83 bits per heavy atom. The molecule has 0 unspecified atom stereocenters. The van der Waals surface area contributed by atoms with Crippen molar-refractivity contribution in [1.29, 1.82) is 0 Å². The molecule has 0 aliphatic rings. The molecule has 1 aromatic carbocycles. The molecule has 2 aromatic rings. The number of aryl methyl sites for hydroxylation is 2. The molecule has 6 heteroatoms. The fourth-order valence-electron chi connectivity index (χ4n) is 1.43. The number of phenolic OH excluding ortho intramolecular Hbond substituents is 1. The molecule has 0 atom stereocenters. The van der Waals surface area contributed by atoms with Gasteiger partial charge in [0.05, 0.1) is 6.42 Å². The van der Waals surface area contributed by atoms with Crippen molar-refractivity contribution in [2.75, 3.05) is 0 Å². The van der Waals surface area contributed by atoms with Crippen LogP contribution in [0.4, 0.5) is 0 Å². The first-order valence-electron chi connectivity index (χ1n) is 5.40. The second kappa shape index (κ2) is 4.87. The molecule has 18 heavy (non-hydrogen) atoms. The van der Waals surface area contributed by atoms with Crippen LogP contribution in [-0.2, 0) is 11.2 Å². The molecular weight excluding hydrogens is 236 g/mol. The first kappa shape index (κ1) is 12.1. The highest BCUT2D eigenvalue weighted by atomic mass is 16.4. The smallest absolute Gasteiger partial charge is 0.303 e. The third kappa shape index (κ3) is 2.65. The van der Waals surface area contributed by atoms with Gasteiger partial charge in [-0.1, -0.05) is 6.07 Å². The van der Waals surface area contributed by atoms with Crippen LogP contribution in [0.3, 0.4) is 0 Å². The topological polar surface area (TPSA) is 96.5 Å². The van der Waals surface area contributed by atoms with E-state index in [9.17, 15) is 9.90 Å². The van der Waals surface area contributed by atoms with Crippen LogP contribution < -0.4 is 0 Å². The molecule has 0 saturated carbocycles. The van der Waals surface area contributed by atoms with Crippen molar-refractivity contribution in [2.45, 2.75) is 19.8 Å². The number of carboxylic acid groups (broad SMARTS) is 1. The average molecular weight is 248 g/mol. The Bertz CT molecular complexity index is 577. The van der Waals surface area contributed by atoms with Crippen LogP contribution in [0.25, 0.3) is 11.5 Å². The van der Waals surface area contributed by atoms with Crippen LogP contribution in [-0.4, -0.2) is 26.4 Å². The van der Waals surface area contributed by atoms with Crippen molar-refractivity contribution in [3.05, 3.63) is 29.7 Å². The van der Waals surface area contributed by atoms with E-state index in [1.165, 1.54) is 6.07 Å². The number of phenols is 1. The molecule has 0 amide bonds. The highest BCUT2D eigenvalue weighted by molar-refractivity contribution is 5.66.